The van der Waals surface area contributed by atoms with Gasteiger partial charge in [0.2, 0.25) is 11.8 Å². The number of carbonyl (C=O) groups is 3. The van der Waals surface area contributed by atoms with E-state index in [1.165, 1.54) is 18.2 Å². The Balaban J connectivity index is 1.64. The van der Waals surface area contributed by atoms with Crippen LogP contribution in [0.4, 0.5) is 4.39 Å². The summed E-state index contributed by atoms with van der Waals surface area (Å²) in [5, 5.41) is 5.67. The van der Waals surface area contributed by atoms with Crippen LogP contribution < -0.4 is 10.6 Å². The van der Waals surface area contributed by atoms with Crippen molar-refractivity contribution >= 4 is 17.7 Å². The van der Waals surface area contributed by atoms with Gasteiger partial charge in [-0.2, -0.15) is 0 Å². The van der Waals surface area contributed by atoms with Crippen LogP contribution in [0.2, 0.25) is 0 Å². The molecule has 3 rings (SSSR count). The third kappa shape index (κ3) is 3.86. The molecule has 0 unspecified atom stereocenters. The summed E-state index contributed by atoms with van der Waals surface area (Å²) in [6, 6.07) is 4.23. The fraction of sp³-hybridized carbons (Fsp3) is 0.526. The van der Waals surface area contributed by atoms with Gasteiger partial charge in [-0.25, -0.2) is 4.39 Å². The van der Waals surface area contributed by atoms with Crippen molar-refractivity contribution < 1.29 is 18.8 Å². The molecule has 1 aromatic rings. The number of carbonyl (C=O) groups excluding carboxylic acids is 3. The lowest BCUT2D eigenvalue weighted by molar-refractivity contribution is -0.152. The number of rotatable bonds is 4. The molecule has 2 aliphatic heterocycles. The van der Waals surface area contributed by atoms with E-state index in [4.69, 9.17) is 0 Å². The third-order valence-corrected chi connectivity index (χ3v) is 4.93. The summed E-state index contributed by atoms with van der Waals surface area (Å²) < 4.78 is 13.3. The molecular weight excluding hydrogens is 337 g/mol. The van der Waals surface area contributed by atoms with Crippen molar-refractivity contribution in [1.82, 2.24) is 15.5 Å². The average molecular weight is 361 g/mol. The van der Waals surface area contributed by atoms with Crippen LogP contribution in [0.5, 0.6) is 0 Å². The lowest BCUT2D eigenvalue weighted by Gasteiger charge is -2.44. The molecular formula is C19H24FN3O3. The molecule has 0 bridgehead atoms. The van der Waals surface area contributed by atoms with Gasteiger partial charge >= 0.3 is 0 Å². The van der Waals surface area contributed by atoms with Crippen LogP contribution in [-0.4, -0.2) is 47.3 Å². The number of amides is 3. The van der Waals surface area contributed by atoms with E-state index in [9.17, 15) is 18.8 Å². The molecule has 3 atom stereocenters. The van der Waals surface area contributed by atoms with E-state index in [-0.39, 0.29) is 29.3 Å². The van der Waals surface area contributed by atoms with Crippen molar-refractivity contribution in [3.05, 3.63) is 35.6 Å². The average Bonchev–Trinajstić information content (AvgIpc) is 2.59. The zero-order valence-electron chi connectivity index (χ0n) is 15.0. The molecule has 2 aliphatic rings. The molecule has 2 heterocycles. The second-order valence-electron chi connectivity index (χ2n) is 7.44. The molecule has 0 aliphatic carbocycles. The highest BCUT2D eigenvalue weighted by Crippen LogP contribution is 2.24. The summed E-state index contributed by atoms with van der Waals surface area (Å²) in [4.78, 5) is 39.0. The highest BCUT2D eigenvalue weighted by molar-refractivity contribution is 5.97. The third-order valence-electron chi connectivity index (χ3n) is 4.93. The largest absolute Gasteiger partial charge is 0.349 e. The van der Waals surface area contributed by atoms with Crippen LogP contribution in [0, 0.1) is 11.7 Å². The second kappa shape index (κ2) is 7.43. The molecule has 3 amide bonds. The van der Waals surface area contributed by atoms with Crippen molar-refractivity contribution in [2.75, 3.05) is 6.54 Å². The van der Waals surface area contributed by atoms with Gasteiger partial charge in [0.05, 0.1) is 0 Å². The Labute approximate surface area is 152 Å². The minimum absolute atomic E-state index is 0.0433. The first-order chi connectivity index (χ1) is 12.3. The van der Waals surface area contributed by atoms with E-state index in [0.717, 1.165) is 0 Å². The molecule has 7 heteroatoms. The number of hydrogen-bond acceptors (Lipinski definition) is 3. The van der Waals surface area contributed by atoms with Crippen molar-refractivity contribution in [3.63, 3.8) is 0 Å². The Kier molecular flexibility index (Phi) is 5.25. The van der Waals surface area contributed by atoms with Crippen molar-refractivity contribution in [1.29, 1.82) is 0 Å². The van der Waals surface area contributed by atoms with Crippen LogP contribution >= 0.6 is 0 Å². The molecule has 140 valence electrons. The standard InChI is InChI=1S/C19H24FN3O3/c1-11(2)8-15-19(26)23-7-6-14(10-16(23)18(25)22-15)21-17(24)12-4-3-5-13(20)9-12/h3-5,9,11,14-16H,6-8,10H2,1-2H3,(H,21,24)(H,22,25)/t14-,15-,16-/m0/s1. The molecule has 2 saturated heterocycles. The van der Waals surface area contributed by atoms with Crippen LogP contribution in [0.1, 0.15) is 43.5 Å². The molecule has 1 aromatic carbocycles. The van der Waals surface area contributed by atoms with Crippen LogP contribution in [0.15, 0.2) is 24.3 Å². The van der Waals surface area contributed by atoms with E-state index >= 15 is 0 Å². The lowest BCUT2D eigenvalue weighted by Crippen LogP contribution is -2.67. The maximum Gasteiger partial charge on any atom is 0.251 e. The highest BCUT2D eigenvalue weighted by atomic mass is 19.1. The van der Waals surface area contributed by atoms with Gasteiger partial charge in [-0.15, -0.1) is 0 Å². The Morgan fingerprint density at radius 3 is 2.85 bits per heavy atom. The van der Waals surface area contributed by atoms with E-state index in [2.05, 4.69) is 10.6 Å². The summed E-state index contributed by atoms with van der Waals surface area (Å²) in [5.74, 6) is -0.744. The van der Waals surface area contributed by atoms with Gasteiger partial charge in [-0.1, -0.05) is 19.9 Å². The first kappa shape index (κ1) is 18.4. The fourth-order valence-corrected chi connectivity index (χ4v) is 3.67. The Morgan fingerprint density at radius 1 is 1.38 bits per heavy atom. The molecule has 0 spiro atoms. The molecule has 0 aromatic heterocycles. The summed E-state index contributed by atoms with van der Waals surface area (Å²) in [7, 11) is 0. The summed E-state index contributed by atoms with van der Waals surface area (Å²) in [5.41, 5.74) is 0.244. The van der Waals surface area contributed by atoms with Crippen molar-refractivity contribution in [2.45, 2.75) is 51.2 Å². The van der Waals surface area contributed by atoms with Crippen molar-refractivity contribution in [2.24, 2.45) is 5.92 Å². The number of fused-ring (bicyclic) bond motifs is 1. The quantitative estimate of drug-likeness (QED) is 0.852. The first-order valence-corrected chi connectivity index (χ1v) is 9.02. The van der Waals surface area contributed by atoms with Gasteiger partial charge in [0, 0.05) is 18.2 Å². The number of piperazine rings is 1. The minimum Gasteiger partial charge on any atom is -0.349 e. The highest BCUT2D eigenvalue weighted by Gasteiger charge is 2.44. The lowest BCUT2D eigenvalue weighted by atomic mass is 9.91. The zero-order chi connectivity index (χ0) is 18.8. The summed E-state index contributed by atoms with van der Waals surface area (Å²) in [6.45, 7) is 4.46. The van der Waals surface area contributed by atoms with Crippen molar-refractivity contribution in [3.8, 4) is 0 Å². The summed E-state index contributed by atoms with van der Waals surface area (Å²) in [6.07, 6.45) is 1.56. The molecule has 2 fully saturated rings. The number of hydrogen-bond donors (Lipinski definition) is 2. The van der Waals surface area contributed by atoms with Crippen LogP contribution in [-0.2, 0) is 9.59 Å². The van der Waals surface area contributed by atoms with E-state index < -0.39 is 17.9 Å². The number of piperidine rings is 1. The van der Waals surface area contributed by atoms with Gasteiger partial charge in [-0.3, -0.25) is 14.4 Å². The number of nitrogens with one attached hydrogen (secondary N) is 2. The van der Waals surface area contributed by atoms with E-state index in [1.807, 2.05) is 13.8 Å². The summed E-state index contributed by atoms with van der Waals surface area (Å²) >= 11 is 0. The molecule has 2 N–H and O–H groups in total. The van der Waals surface area contributed by atoms with Gasteiger partial charge in [0.15, 0.2) is 0 Å². The first-order valence-electron chi connectivity index (χ1n) is 9.02. The number of nitrogens with zero attached hydrogens (tertiary/aromatic N) is 1. The fourth-order valence-electron chi connectivity index (χ4n) is 3.67. The maximum absolute atomic E-state index is 13.3. The topological polar surface area (TPSA) is 78.5 Å². The molecule has 26 heavy (non-hydrogen) atoms. The normalized spacial score (nSPS) is 25.7. The SMILES string of the molecule is CC(C)C[C@@H]1NC(=O)[C@@H]2C[C@@H](NC(=O)c3cccc(F)c3)CCN2C1=O. The minimum atomic E-state index is -0.558. The van der Waals surface area contributed by atoms with E-state index in [0.29, 0.717) is 31.7 Å². The smallest absolute Gasteiger partial charge is 0.251 e. The van der Waals surface area contributed by atoms with Gasteiger partial charge < -0.3 is 15.5 Å². The van der Waals surface area contributed by atoms with E-state index in [1.54, 1.807) is 11.0 Å². The molecule has 6 nitrogen and oxygen atoms in total. The van der Waals surface area contributed by atoms with Crippen LogP contribution in [0.3, 0.4) is 0 Å². The zero-order valence-corrected chi connectivity index (χ0v) is 15.0. The Bertz CT molecular complexity index is 722. The molecule has 0 radical (unpaired) electrons. The van der Waals surface area contributed by atoms with Gasteiger partial charge in [0.25, 0.3) is 5.91 Å². The predicted molar refractivity (Wildman–Crippen MR) is 93.8 cm³/mol. The maximum atomic E-state index is 13.3. The number of halogens is 1. The Hall–Kier alpha value is -2.44. The molecule has 0 saturated carbocycles. The monoisotopic (exact) mass is 361 g/mol. The van der Waals surface area contributed by atoms with Gasteiger partial charge in [0.1, 0.15) is 17.9 Å². The predicted octanol–water partition coefficient (Wildman–Crippen LogP) is 1.46. The van der Waals surface area contributed by atoms with Crippen LogP contribution in [0.25, 0.3) is 0 Å². The Morgan fingerprint density at radius 2 is 2.15 bits per heavy atom. The second-order valence-corrected chi connectivity index (χ2v) is 7.44. The van der Waals surface area contributed by atoms with Gasteiger partial charge in [-0.05, 0) is 43.4 Å². The number of benzene rings is 1.